The molecule has 1 heterocycles. The van der Waals surface area contributed by atoms with Gasteiger partial charge in [-0.3, -0.25) is 9.36 Å². The molecular formula is C14H20ClN5O2S. The van der Waals surface area contributed by atoms with Gasteiger partial charge in [0.2, 0.25) is 5.91 Å². The van der Waals surface area contributed by atoms with Crippen LogP contribution in [0.25, 0.3) is 5.69 Å². The van der Waals surface area contributed by atoms with E-state index >= 15 is 0 Å². The third kappa shape index (κ3) is 5.12. The first-order chi connectivity index (χ1) is 10.7. The van der Waals surface area contributed by atoms with E-state index in [2.05, 4.69) is 15.5 Å². The summed E-state index contributed by atoms with van der Waals surface area (Å²) in [6.07, 6.45) is 5.77. The monoisotopic (exact) mass is 357 g/mol. The van der Waals surface area contributed by atoms with Crippen molar-refractivity contribution in [2.75, 3.05) is 24.4 Å². The quantitative estimate of drug-likeness (QED) is 0.783. The molecule has 9 heteroatoms. The maximum atomic E-state index is 12.2. The van der Waals surface area contributed by atoms with Crippen LogP contribution in [0.2, 0.25) is 0 Å². The Bertz CT molecular complexity index is 624. The van der Waals surface area contributed by atoms with Crippen molar-refractivity contribution in [1.29, 1.82) is 0 Å². The molecule has 2 rings (SSSR count). The smallest absolute Gasteiger partial charge is 0.241 e. The highest BCUT2D eigenvalue weighted by Gasteiger charge is 2.15. The van der Waals surface area contributed by atoms with Gasteiger partial charge in [-0.1, -0.05) is 0 Å². The van der Waals surface area contributed by atoms with Gasteiger partial charge in [-0.05, 0) is 36.6 Å². The first-order valence-corrected chi connectivity index (χ1v) is 8.13. The molecule has 126 valence electrons. The Morgan fingerprint density at radius 2 is 2.13 bits per heavy atom. The standard InChI is InChI=1S/C14H19N5O2S.ClH/c1-21-13-4-3-10(19-8-16-17-9-19)7-12(13)18-14(20)11(15)5-6-22-2;/h3-4,7-9,11H,5-6,15H2,1-2H3,(H,18,20);1H/t11-;/m0./s1. The number of halogens is 1. The summed E-state index contributed by atoms with van der Waals surface area (Å²) in [4.78, 5) is 12.2. The molecule has 23 heavy (non-hydrogen) atoms. The zero-order valence-electron chi connectivity index (χ0n) is 12.9. The molecule has 0 aliphatic rings. The number of carbonyl (C=O) groups excluding carboxylic acids is 1. The number of nitrogens with one attached hydrogen (secondary N) is 1. The van der Waals surface area contributed by atoms with Gasteiger partial charge < -0.3 is 15.8 Å². The van der Waals surface area contributed by atoms with Crippen LogP contribution in [0.3, 0.4) is 0 Å². The minimum Gasteiger partial charge on any atom is -0.495 e. The molecule has 7 nitrogen and oxygen atoms in total. The second-order valence-corrected chi connectivity index (χ2v) is 5.62. The lowest BCUT2D eigenvalue weighted by Crippen LogP contribution is -2.36. The minimum atomic E-state index is -0.546. The molecule has 0 aliphatic carbocycles. The Morgan fingerprint density at radius 1 is 1.43 bits per heavy atom. The van der Waals surface area contributed by atoms with E-state index in [0.29, 0.717) is 17.9 Å². The van der Waals surface area contributed by atoms with Gasteiger partial charge in [0.15, 0.2) is 0 Å². The molecular weight excluding hydrogens is 338 g/mol. The summed E-state index contributed by atoms with van der Waals surface area (Å²) >= 11 is 1.66. The number of ether oxygens (including phenoxy) is 1. The van der Waals surface area contributed by atoms with Crippen LogP contribution in [-0.2, 0) is 4.79 Å². The van der Waals surface area contributed by atoms with Crippen molar-refractivity contribution < 1.29 is 9.53 Å². The molecule has 0 saturated heterocycles. The number of thioether (sulfide) groups is 1. The maximum absolute atomic E-state index is 12.2. The maximum Gasteiger partial charge on any atom is 0.241 e. The van der Waals surface area contributed by atoms with Crippen molar-refractivity contribution in [3.8, 4) is 11.4 Å². The summed E-state index contributed by atoms with van der Waals surface area (Å²) in [5, 5.41) is 10.4. The molecule has 1 amide bonds. The summed E-state index contributed by atoms with van der Waals surface area (Å²) in [6, 6.07) is 4.88. The molecule has 0 fully saturated rings. The fourth-order valence-corrected chi connectivity index (χ4v) is 2.38. The zero-order valence-corrected chi connectivity index (χ0v) is 14.6. The molecule has 1 aromatic heterocycles. The number of benzene rings is 1. The predicted octanol–water partition coefficient (Wildman–Crippen LogP) is 1.72. The van der Waals surface area contributed by atoms with E-state index in [9.17, 15) is 4.79 Å². The molecule has 0 aliphatic heterocycles. The molecule has 2 aromatic rings. The number of aromatic nitrogens is 3. The van der Waals surface area contributed by atoms with Crippen LogP contribution in [0.4, 0.5) is 5.69 Å². The van der Waals surface area contributed by atoms with Crippen LogP contribution in [0, 0.1) is 0 Å². The van der Waals surface area contributed by atoms with Crippen molar-refractivity contribution in [3.63, 3.8) is 0 Å². The van der Waals surface area contributed by atoms with E-state index in [1.807, 2.05) is 12.3 Å². The van der Waals surface area contributed by atoms with Gasteiger partial charge in [-0.25, -0.2) is 0 Å². The van der Waals surface area contributed by atoms with E-state index in [4.69, 9.17) is 10.5 Å². The van der Waals surface area contributed by atoms with E-state index < -0.39 is 6.04 Å². The predicted molar refractivity (Wildman–Crippen MR) is 94.8 cm³/mol. The summed E-state index contributed by atoms with van der Waals surface area (Å²) in [5.74, 6) is 1.18. The minimum absolute atomic E-state index is 0. The first-order valence-electron chi connectivity index (χ1n) is 6.74. The first kappa shape index (κ1) is 19.3. The SMILES string of the molecule is COc1ccc(-n2cnnc2)cc1NC(=O)[C@@H](N)CCSC.Cl. The lowest BCUT2D eigenvalue weighted by atomic mass is 10.2. The number of hydrogen-bond donors (Lipinski definition) is 2. The van der Waals surface area contributed by atoms with Crippen molar-refractivity contribution in [1.82, 2.24) is 14.8 Å². The van der Waals surface area contributed by atoms with Crippen molar-refractivity contribution >= 4 is 35.8 Å². The Labute approximate surface area is 145 Å². The second kappa shape index (κ2) is 9.39. The van der Waals surface area contributed by atoms with Gasteiger partial charge >= 0.3 is 0 Å². The lowest BCUT2D eigenvalue weighted by Gasteiger charge is -2.15. The van der Waals surface area contributed by atoms with Gasteiger partial charge in [-0.2, -0.15) is 11.8 Å². The fraction of sp³-hybridized carbons (Fsp3) is 0.357. The summed E-state index contributed by atoms with van der Waals surface area (Å²) in [5.41, 5.74) is 7.27. The summed E-state index contributed by atoms with van der Waals surface area (Å²) in [6.45, 7) is 0. The van der Waals surface area contributed by atoms with Crippen LogP contribution >= 0.6 is 24.2 Å². The van der Waals surface area contributed by atoms with Crippen LogP contribution < -0.4 is 15.8 Å². The number of amides is 1. The van der Waals surface area contributed by atoms with Gasteiger partial charge in [0, 0.05) is 0 Å². The summed E-state index contributed by atoms with van der Waals surface area (Å²) in [7, 11) is 1.55. The number of hydrogen-bond acceptors (Lipinski definition) is 6. The lowest BCUT2D eigenvalue weighted by molar-refractivity contribution is -0.117. The molecule has 1 aromatic carbocycles. The number of carbonyl (C=O) groups is 1. The van der Waals surface area contributed by atoms with Gasteiger partial charge in [0.1, 0.15) is 18.4 Å². The van der Waals surface area contributed by atoms with Crippen molar-refractivity contribution in [2.24, 2.45) is 5.73 Å². The number of nitrogens with zero attached hydrogens (tertiary/aromatic N) is 3. The third-order valence-electron chi connectivity index (χ3n) is 3.13. The van der Waals surface area contributed by atoms with Crippen molar-refractivity contribution in [3.05, 3.63) is 30.9 Å². The van der Waals surface area contributed by atoms with Gasteiger partial charge in [-0.15, -0.1) is 22.6 Å². The summed E-state index contributed by atoms with van der Waals surface area (Å²) < 4.78 is 7.02. The Kier molecular flexibility index (Phi) is 7.87. The number of anilines is 1. The number of nitrogens with two attached hydrogens (primary N) is 1. The average molecular weight is 358 g/mol. The molecule has 1 atom stereocenters. The van der Waals surface area contributed by atoms with Gasteiger partial charge in [0.25, 0.3) is 0 Å². The second-order valence-electron chi connectivity index (χ2n) is 4.63. The van der Waals surface area contributed by atoms with E-state index in [1.54, 1.807) is 48.2 Å². The van der Waals surface area contributed by atoms with Crippen LogP contribution in [-0.4, -0.2) is 45.8 Å². The molecule has 3 N–H and O–H groups in total. The van der Waals surface area contributed by atoms with Crippen molar-refractivity contribution in [2.45, 2.75) is 12.5 Å². The van der Waals surface area contributed by atoms with Gasteiger partial charge in [0.05, 0.1) is 24.5 Å². The Morgan fingerprint density at radius 3 is 2.74 bits per heavy atom. The average Bonchev–Trinajstić information content (AvgIpc) is 3.06. The van der Waals surface area contributed by atoms with E-state index in [1.165, 1.54) is 0 Å². The highest BCUT2D eigenvalue weighted by molar-refractivity contribution is 7.98. The molecule has 0 spiro atoms. The molecule has 0 unspecified atom stereocenters. The third-order valence-corrected chi connectivity index (χ3v) is 3.77. The van der Waals surface area contributed by atoms with Crippen LogP contribution in [0.15, 0.2) is 30.9 Å². The highest BCUT2D eigenvalue weighted by Crippen LogP contribution is 2.27. The van der Waals surface area contributed by atoms with E-state index in [-0.39, 0.29) is 18.3 Å². The fourth-order valence-electron chi connectivity index (χ4n) is 1.89. The van der Waals surface area contributed by atoms with E-state index in [0.717, 1.165) is 11.4 Å². The topological polar surface area (TPSA) is 95.1 Å². The van der Waals surface area contributed by atoms with Crippen LogP contribution in [0.1, 0.15) is 6.42 Å². The Hall–Kier alpha value is -1.77. The molecule has 0 saturated carbocycles. The Balaban J connectivity index is 0.00000264. The molecule has 0 radical (unpaired) electrons. The number of rotatable bonds is 7. The largest absolute Gasteiger partial charge is 0.495 e. The number of methoxy groups -OCH3 is 1. The normalized spacial score (nSPS) is 11.4. The molecule has 0 bridgehead atoms. The zero-order chi connectivity index (χ0) is 15.9. The van der Waals surface area contributed by atoms with Crippen LogP contribution in [0.5, 0.6) is 5.75 Å². The highest BCUT2D eigenvalue weighted by atomic mass is 35.5.